The maximum atomic E-state index is 5.86. The monoisotopic (exact) mass is 346 g/mol. The zero-order chi connectivity index (χ0) is 12.9. The molecule has 1 aromatic rings. The summed E-state index contributed by atoms with van der Waals surface area (Å²) in [6.07, 6.45) is 3.50. The van der Waals surface area contributed by atoms with Crippen LogP contribution in [-0.4, -0.2) is 5.54 Å². The topological polar surface area (TPSA) is 38.0 Å². The smallest absolute Gasteiger partial charge is 0.0327 e. The maximum absolute atomic E-state index is 5.86. The summed E-state index contributed by atoms with van der Waals surface area (Å²) < 4.78 is 1.20. The molecule has 0 heterocycles. The molecule has 0 aliphatic rings. The van der Waals surface area contributed by atoms with Crippen LogP contribution in [0, 0.1) is 3.57 Å². The minimum absolute atomic E-state index is 0.274. The van der Waals surface area contributed by atoms with Gasteiger partial charge in [-0.1, -0.05) is 20.8 Å². The molecule has 1 aromatic carbocycles. The van der Waals surface area contributed by atoms with E-state index in [9.17, 15) is 0 Å². The van der Waals surface area contributed by atoms with Gasteiger partial charge in [0.25, 0.3) is 0 Å². The van der Waals surface area contributed by atoms with Crippen molar-refractivity contribution in [2.45, 2.75) is 52.1 Å². The zero-order valence-corrected chi connectivity index (χ0v) is 13.2. The molecule has 96 valence electrons. The van der Waals surface area contributed by atoms with Gasteiger partial charge < -0.3 is 11.1 Å². The highest BCUT2D eigenvalue weighted by Gasteiger charge is 2.22. The van der Waals surface area contributed by atoms with Crippen LogP contribution in [-0.2, 0) is 6.54 Å². The molecule has 3 N–H and O–H groups in total. The van der Waals surface area contributed by atoms with Crippen molar-refractivity contribution in [3.8, 4) is 0 Å². The van der Waals surface area contributed by atoms with Gasteiger partial charge in [-0.05, 0) is 65.6 Å². The zero-order valence-electron chi connectivity index (χ0n) is 11.0. The first-order valence-corrected chi connectivity index (χ1v) is 7.43. The highest BCUT2D eigenvalue weighted by Crippen LogP contribution is 2.21. The summed E-state index contributed by atoms with van der Waals surface area (Å²) in [5.74, 6) is 0. The molecular weight excluding hydrogens is 323 g/mol. The maximum Gasteiger partial charge on any atom is 0.0327 e. The number of benzene rings is 1. The highest BCUT2D eigenvalue weighted by atomic mass is 127. The van der Waals surface area contributed by atoms with Crippen LogP contribution in [0.5, 0.6) is 0 Å². The molecule has 0 radical (unpaired) electrons. The molecule has 0 aliphatic carbocycles. The van der Waals surface area contributed by atoms with Crippen molar-refractivity contribution in [3.63, 3.8) is 0 Å². The Bertz CT molecular complexity index is 331. The number of halogens is 1. The Morgan fingerprint density at radius 2 is 1.71 bits per heavy atom. The van der Waals surface area contributed by atoms with Crippen molar-refractivity contribution >= 4 is 28.3 Å². The van der Waals surface area contributed by atoms with Gasteiger partial charge in [0.1, 0.15) is 0 Å². The first-order chi connectivity index (χ1) is 8.05. The van der Waals surface area contributed by atoms with Crippen LogP contribution in [0.3, 0.4) is 0 Å². The van der Waals surface area contributed by atoms with E-state index in [1.165, 1.54) is 28.4 Å². The SMILES string of the molecule is CCC(CC)(CC)NCc1cc(N)cc(I)c1. The van der Waals surface area contributed by atoms with E-state index in [0.717, 1.165) is 12.2 Å². The van der Waals surface area contributed by atoms with Gasteiger partial charge in [0.15, 0.2) is 0 Å². The fourth-order valence-corrected chi connectivity index (χ4v) is 2.95. The van der Waals surface area contributed by atoms with Gasteiger partial charge in [0.2, 0.25) is 0 Å². The van der Waals surface area contributed by atoms with Crippen molar-refractivity contribution in [2.75, 3.05) is 5.73 Å². The predicted molar refractivity (Wildman–Crippen MR) is 84.0 cm³/mol. The lowest BCUT2D eigenvalue weighted by Crippen LogP contribution is -2.43. The molecule has 0 saturated carbocycles. The quantitative estimate of drug-likeness (QED) is 0.605. The van der Waals surface area contributed by atoms with Crippen LogP contribution < -0.4 is 11.1 Å². The lowest BCUT2D eigenvalue weighted by molar-refractivity contribution is 0.288. The molecular formula is C14H23IN2. The normalized spacial score (nSPS) is 11.8. The number of hydrogen-bond donors (Lipinski definition) is 2. The molecule has 2 nitrogen and oxygen atoms in total. The third kappa shape index (κ3) is 4.14. The standard InChI is InChI=1S/C14H23IN2/c1-4-14(5-2,6-3)17-10-11-7-12(15)9-13(16)8-11/h7-9,17H,4-6,10,16H2,1-3H3. The second-order valence-corrected chi connectivity index (χ2v) is 5.83. The molecule has 1 rings (SSSR count). The Kier molecular flexibility index (Phi) is 5.73. The Labute approximate surface area is 119 Å². The summed E-state index contributed by atoms with van der Waals surface area (Å²) in [7, 11) is 0. The van der Waals surface area contributed by atoms with E-state index in [1.807, 2.05) is 6.07 Å². The Balaban J connectivity index is 2.71. The van der Waals surface area contributed by atoms with E-state index in [4.69, 9.17) is 5.73 Å². The molecule has 0 bridgehead atoms. The van der Waals surface area contributed by atoms with Crippen molar-refractivity contribution in [1.82, 2.24) is 5.32 Å². The van der Waals surface area contributed by atoms with E-state index >= 15 is 0 Å². The van der Waals surface area contributed by atoms with Gasteiger partial charge in [-0.15, -0.1) is 0 Å². The Morgan fingerprint density at radius 3 is 2.18 bits per heavy atom. The van der Waals surface area contributed by atoms with E-state index in [0.29, 0.717) is 0 Å². The van der Waals surface area contributed by atoms with Gasteiger partial charge in [0.05, 0.1) is 0 Å². The Hall–Kier alpha value is -0.290. The van der Waals surface area contributed by atoms with Crippen LogP contribution >= 0.6 is 22.6 Å². The molecule has 0 spiro atoms. The minimum Gasteiger partial charge on any atom is -0.399 e. The molecule has 0 atom stereocenters. The van der Waals surface area contributed by atoms with Gasteiger partial charge in [-0.3, -0.25) is 0 Å². The van der Waals surface area contributed by atoms with E-state index in [1.54, 1.807) is 0 Å². The number of hydrogen-bond acceptors (Lipinski definition) is 2. The van der Waals surface area contributed by atoms with Crippen molar-refractivity contribution in [1.29, 1.82) is 0 Å². The molecule has 0 fully saturated rings. The number of rotatable bonds is 6. The van der Waals surface area contributed by atoms with Crippen LogP contribution in [0.1, 0.15) is 45.6 Å². The number of anilines is 1. The van der Waals surface area contributed by atoms with E-state index in [-0.39, 0.29) is 5.54 Å². The first kappa shape index (κ1) is 14.8. The van der Waals surface area contributed by atoms with Crippen LogP contribution in [0.2, 0.25) is 0 Å². The largest absolute Gasteiger partial charge is 0.399 e. The summed E-state index contributed by atoms with van der Waals surface area (Å²) in [6.45, 7) is 7.66. The van der Waals surface area contributed by atoms with E-state index < -0.39 is 0 Å². The lowest BCUT2D eigenvalue weighted by atomic mass is 9.89. The van der Waals surface area contributed by atoms with E-state index in [2.05, 4.69) is 60.8 Å². The van der Waals surface area contributed by atoms with Crippen molar-refractivity contribution < 1.29 is 0 Å². The minimum atomic E-state index is 0.274. The first-order valence-electron chi connectivity index (χ1n) is 6.35. The molecule has 17 heavy (non-hydrogen) atoms. The fourth-order valence-electron chi connectivity index (χ4n) is 2.19. The number of nitrogens with two attached hydrogens (primary N) is 1. The van der Waals surface area contributed by atoms with Crippen LogP contribution in [0.25, 0.3) is 0 Å². The van der Waals surface area contributed by atoms with Crippen LogP contribution in [0.15, 0.2) is 18.2 Å². The third-order valence-corrected chi connectivity index (χ3v) is 4.30. The molecule has 0 amide bonds. The summed E-state index contributed by atoms with van der Waals surface area (Å²) in [5.41, 5.74) is 8.26. The predicted octanol–water partition coefficient (Wildman–Crippen LogP) is 3.93. The fraction of sp³-hybridized carbons (Fsp3) is 0.571. The second kappa shape index (κ2) is 6.59. The summed E-state index contributed by atoms with van der Waals surface area (Å²) >= 11 is 2.31. The number of nitrogens with one attached hydrogen (secondary N) is 1. The average Bonchev–Trinajstić information content (AvgIpc) is 2.30. The van der Waals surface area contributed by atoms with Gasteiger partial charge in [-0.2, -0.15) is 0 Å². The molecule has 0 aromatic heterocycles. The van der Waals surface area contributed by atoms with Gasteiger partial charge in [0, 0.05) is 21.3 Å². The molecule has 0 aliphatic heterocycles. The second-order valence-electron chi connectivity index (χ2n) is 4.59. The van der Waals surface area contributed by atoms with Gasteiger partial charge >= 0.3 is 0 Å². The molecule has 3 heteroatoms. The van der Waals surface area contributed by atoms with Gasteiger partial charge in [-0.25, -0.2) is 0 Å². The third-order valence-electron chi connectivity index (χ3n) is 3.68. The van der Waals surface area contributed by atoms with Crippen molar-refractivity contribution in [3.05, 3.63) is 27.3 Å². The van der Waals surface area contributed by atoms with Crippen molar-refractivity contribution in [2.24, 2.45) is 0 Å². The highest BCUT2D eigenvalue weighted by molar-refractivity contribution is 14.1. The average molecular weight is 346 g/mol. The Morgan fingerprint density at radius 1 is 1.12 bits per heavy atom. The summed E-state index contributed by atoms with van der Waals surface area (Å²) in [4.78, 5) is 0. The molecule has 0 saturated heterocycles. The van der Waals surface area contributed by atoms with Crippen LogP contribution in [0.4, 0.5) is 5.69 Å². The molecule has 0 unspecified atom stereocenters. The number of nitrogen functional groups attached to an aromatic ring is 1. The summed E-state index contributed by atoms with van der Waals surface area (Å²) in [5, 5.41) is 3.69. The lowest BCUT2D eigenvalue weighted by Gasteiger charge is -2.32. The summed E-state index contributed by atoms with van der Waals surface area (Å²) in [6, 6.07) is 6.24.